The van der Waals surface area contributed by atoms with Gasteiger partial charge in [-0.1, -0.05) is 36.1 Å². The molecule has 6 aromatic rings. The van der Waals surface area contributed by atoms with Crippen molar-refractivity contribution in [1.82, 2.24) is 35.0 Å². The number of benzene rings is 3. The van der Waals surface area contributed by atoms with Gasteiger partial charge in [0, 0.05) is 42.3 Å². The highest BCUT2D eigenvalue weighted by atomic mass is 19.3. The molecule has 0 fully saturated rings. The van der Waals surface area contributed by atoms with E-state index in [1.165, 1.54) is 6.07 Å². The molecule has 14 heteroatoms. The van der Waals surface area contributed by atoms with E-state index in [9.17, 15) is 13.9 Å². The first-order valence-corrected chi connectivity index (χ1v) is 15.7. The maximum atomic E-state index is 16.0. The molecule has 0 amide bonds. The number of hydrogen-bond acceptors (Lipinski definition) is 8. The van der Waals surface area contributed by atoms with E-state index in [-0.39, 0.29) is 0 Å². The van der Waals surface area contributed by atoms with Crippen molar-refractivity contribution in [2.75, 3.05) is 13.7 Å². The van der Waals surface area contributed by atoms with Gasteiger partial charge < -0.3 is 14.6 Å². The van der Waals surface area contributed by atoms with Crippen molar-refractivity contribution in [3.8, 4) is 17.6 Å². The lowest BCUT2D eigenvalue weighted by Crippen LogP contribution is -2.48. The molecule has 0 saturated heterocycles. The molecule has 0 aliphatic heterocycles. The fraction of sp³-hybridized carbons (Fsp3) is 0.216. The first-order chi connectivity index (χ1) is 24.6. The summed E-state index contributed by atoms with van der Waals surface area (Å²) in [6.45, 7) is 0.737. The summed E-state index contributed by atoms with van der Waals surface area (Å²) in [5.41, 5.74) is -0.748. The second-order valence-electron chi connectivity index (χ2n) is 11.7. The van der Waals surface area contributed by atoms with Crippen molar-refractivity contribution in [2.24, 2.45) is 0 Å². The molecule has 3 aromatic carbocycles. The Kier molecular flexibility index (Phi) is 10.5. The molecule has 51 heavy (non-hydrogen) atoms. The molecule has 0 bridgehead atoms. The zero-order chi connectivity index (χ0) is 35.8. The molecule has 10 nitrogen and oxygen atoms in total. The van der Waals surface area contributed by atoms with Crippen LogP contribution >= 0.6 is 0 Å². The van der Waals surface area contributed by atoms with E-state index in [2.05, 4.69) is 37.4 Å². The number of methoxy groups -OCH3 is 1. The van der Waals surface area contributed by atoms with Gasteiger partial charge in [0.2, 0.25) is 0 Å². The Morgan fingerprint density at radius 1 is 0.843 bits per heavy atom. The minimum absolute atomic E-state index is 0.314. The lowest BCUT2D eigenvalue weighted by molar-refractivity contribution is -0.207. The van der Waals surface area contributed by atoms with Crippen LogP contribution in [-0.4, -0.2) is 53.8 Å². The smallest absolute Gasteiger partial charge is 0.323 e. The quantitative estimate of drug-likeness (QED) is 0.126. The minimum atomic E-state index is -4.17. The number of hydrogen-bond donors (Lipinski definition) is 1. The monoisotopic (exact) mass is 697 g/mol. The number of aliphatic hydroxyl groups is 1. The molecule has 0 radical (unpaired) electrons. The Labute approximate surface area is 290 Å². The summed E-state index contributed by atoms with van der Waals surface area (Å²) in [5, 5.41) is 26.0. The zero-order valence-corrected chi connectivity index (χ0v) is 27.3. The molecule has 0 spiro atoms. The van der Waals surface area contributed by atoms with Crippen molar-refractivity contribution in [3.63, 3.8) is 0 Å². The molecule has 6 rings (SSSR count). The maximum Gasteiger partial charge on any atom is 0.323 e. The van der Waals surface area contributed by atoms with Crippen LogP contribution < -0.4 is 4.74 Å². The second kappa shape index (κ2) is 15.3. The molecule has 260 valence electrons. The van der Waals surface area contributed by atoms with Gasteiger partial charge in [0.1, 0.15) is 36.0 Å². The number of nitrogens with zero attached hydrogens (tertiary/aromatic N) is 7. The highest BCUT2D eigenvalue weighted by molar-refractivity contribution is 5.44. The third-order valence-electron chi connectivity index (χ3n) is 8.02. The van der Waals surface area contributed by atoms with E-state index >= 15 is 8.78 Å². The van der Waals surface area contributed by atoms with Gasteiger partial charge >= 0.3 is 5.92 Å². The Morgan fingerprint density at radius 2 is 1.59 bits per heavy atom. The van der Waals surface area contributed by atoms with Crippen LogP contribution in [0.1, 0.15) is 39.1 Å². The Balaban J connectivity index is 1.07. The zero-order valence-electron chi connectivity index (χ0n) is 27.3. The number of tetrazole rings is 1. The number of rotatable bonds is 13. The summed E-state index contributed by atoms with van der Waals surface area (Å²) in [6, 6.07) is 19.4. The molecular weight excluding hydrogens is 666 g/mol. The van der Waals surface area contributed by atoms with Gasteiger partial charge in [-0.3, -0.25) is 9.67 Å². The van der Waals surface area contributed by atoms with Gasteiger partial charge in [-0.15, -0.1) is 5.10 Å². The Hall–Kier alpha value is -5.91. The van der Waals surface area contributed by atoms with Crippen LogP contribution in [0.2, 0.25) is 0 Å². The number of ether oxygens (including phenoxy) is 2. The Morgan fingerprint density at radius 3 is 2.27 bits per heavy atom. The predicted octanol–water partition coefficient (Wildman–Crippen LogP) is 5.44. The molecule has 1 unspecified atom stereocenters. The fourth-order valence-corrected chi connectivity index (χ4v) is 5.25. The molecule has 3 aromatic heterocycles. The molecule has 3 heterocycles. The van der Waals surface area contributed by atoms with Gasteiger partial charge in [0.05, 0.1) is 25.9 Å². The van der Waals surface area contributed by atoms with Gasteiger partial charge in [-0.2, -0.15) is 13.9 Å². The van der Waals surface area contributed by atoms with E-state index in [1.54, 1.807) is 31.4 Å². The van der Waals surface area contributed by atoms with Gasteiger partial charge in [-0.25, -0.2) is 13.5 Å². The fourth-order valence-electron chi connectivity index (χ4n) is 5.25. The average Bonchev–Trinajstić information content (AvgIpc) is 3.82. The molecule has 1 atom stereocenters. The lowest BCUT2D eigenvalue weighted by Gasteiger charge is -2.35. The summed E-state index contributed by atoms with van der Waals surface area (Å²) in [4.78, 5) is 3.84. The van der Waals surface area contributed by atoms with Crippen molar-refractivity contribution in [3.05, 3.63) is 154 Å². The van der Waals surface area contributed by atoms with Crippen LogP contribution in [0, 0.1) is 23.5 Å². The van der Waals surface area contributed by atoms with Crippen LogP contribution in [0.4, 0.5) is 17.6 Å². The summed E-state index contributed by atoms with van der Waals surface area (Å²) >= 11 is 0. The normalized spacial score (nSPS) is 12.6. The van der Waals surface area contributed by atoms with Crippen LogP contribution in [-0.2, 0) is 42.4 Å². The number of aromatic nitrogens is 7. The summed E-state index contributed by atoms with van der Waals surface area (Å²) < 4.78 is 74.0. The van der Waals surface area contributed by atoms with E-state index in [4.69, 9.17) is 9.47 Å². The Bertz CT molecular complexity index is 2110. The van der Waals surface area contributed by atoms with Crippen molar-refractivity contribution >= 4 is 0 Å². The first-order valence-electron chi connectivity index (χ1n) is 15.7. The van der Waals surface area contributed by atoms with Crippen molar-refractivity contribution < 1.29 is 32.1 Å². The van der Waals surface area contributed by atoms with E-state index in [1.807, 2.05) is 41.3 Å². The second-order valence-corrected chi connectivity index (χ2v) is 11.7. The van der Waals surface area contributed by atoms with Crippen molar-refractivity contribution in [1.29, 1.82) is 0 Å². The van der Waals surface area contributed by atoms with Gasteiger partial charge in [0.15, 0.2) is 5.60 Å². The largest absolute Gasteiger partial charge is 0.489 e. The summed E-state index contributed by atoms with van der Waals surface area (Å²) in [6.07, 6.45) is 6.79. The summed E-state index contributed by atoms with van der Waals surface area (Å²) in [7, 11) is 1.68. The minimum Gasteiger partial charge on any atom is -0.489 e. The van der Waals surface area contributed by atoms with Crippen LogP contribution in [0.3, 0.4) is 0 Å². The molecule has 0 aliphatic rings. The van der Waals surface area contributed by atoms with Crippen molar-refractivity contribution in [2.45, 2.75) is 37.6 Å². The van der Waals surface area contributed by atoms with Crippen LogP contribution in [0.25, 0.3) is 0 Å². The van der Waals surface area contributed by atoms with E-state index < -0.39 is 41.0 Å². The third-order valence-corrected chi connectivity index (χ3v) is 8.02. The number of halogens is 4. The lowest BCUT2D eigenvalue weighted by atomic mass is 9.84. The third kappa shape index (κ3) is 8.29. The molecule has 0 aliphatic carbocycles. The van der Waals surface area contributed by atoms with Crippen LogP contribution in [0.15, 0.2) is 104 Å². The standard InChI is InChI=1S/C37H31F4N7O3/c1-50-17-16-30-20-44-47(22-30)21-28-4-6-29(7-5-28)23-51-32-12-8-26(9-13-32)2-3-27-10-15-35(42-19-27)37(40,41)36(49,24-48-25-43-45-46-48)33-14-11-31(38)18-34(33)39/h4-15,18-20,22,25,49H,16-17,21,23-24H2,1H3. The summed E-state index contributed by atoms with van der Waals surface area (Å²) in [5.74, 6) is -0.0733. The predicted molar refractivity (Wildman–Crippen MR) is 176 cm³/mol. The van der Waals surface area contributed by atoms with E-state index in [0.29, 0.717) is 42.7 Å². The van der Waals surface area contributed by atoms with Gasteiger partial charge in [-0.05, 0) is 82.1 Å². The maximum absolute atomic E-state index is 16.0. The van der Waals surface area contributed by atoms with Gasteiger partial charge in [0.25, 0.3) is 0 Å². The van der Waals surface area contributed by atoms with Crippen LogP contribution in [0.5, 0.6) is 5.75 Å². The molecule has 0 saturated carbocycles. The number of alkyl halides is 2. The molecular formula is C37H31F4N7O3. The average molecular weight is 698 g/mol. The number of pyridine rings is 1. The molecule has 1 N–H and O–H groups in total. The highest BCUT2D eigenvalue weighted by Crippen LogP contribution is 2.46. The van der Waals surface area contributed by atoms with E-state index in [0.717, 1.165) is 58.5 Å². The first kappa shape index (κ1) is 34.9. The highest BCUT2D eigenvalue weighted by Gasteiger charge is 2.58. The topological polar surface area (TPSA) is 113 Å². The SMILES string of the molecule is COCCc1cnn(Cc2ccc(COc3ccc(C#Cc4ccc(C(F)(F)C(O)(Cn5cnnn5)c5ccc(F)cc5F)nc4)cc3)cc2)c1.